The van der Waals surface area contributed by atoms with Crippen molar-refractivity contribution in [2.45, 2.75) is 41.3 Å². The Bertz CT molecular complexity index is 1010. The molecule has 152 valence electrons. The molecule has 0 saturated carbocycles. The second kappa shape index (κ2) is 9.69. The molecule has 29 heavy (non-hydrogen) atoms. The maximum absolute atomic E-state index is 13.5. The summed E-state index contributed by atoms with van der Waals surface area (Å²) in [6.45, 7) is 0. The minimum atomic E-state index is -4.25. The summed E-state index contributed by atoms with van der Waals surface area (Å²) < 4.78 is 51.7. The van der Waals surface area contributed by atoms with Gasteiger partial charge in [-0.2, -0.15) is 10.5 Å². The molecule has 0 amide bonds. The molecule has 6 nitrogen and oxygen atoms in total. The largest absolute Gasteiger partial charge is 0.227 e. The van der Waals surface area contributed by atoms with Crippen molar-refractivity contribution in [3.8, 4) is 12.1 Å². The van der Waals surface area contributed by atoms with E-state index in [0.29, 0.717) is 11.1 Å². The predicted octanol–water partition coefficient (Wildman–Crippen LogP) is 3.52. The summed E-state index contributed by atoms with van der Waals surface area (Å²) in [5, 5.41) is 18.1. The van der Waals surface area contributed by atoms with Gasteiger partial charge in [-0.05, 0) is 24.0 Å². The molecule has 8 heteroatoms. The van der Waals surface area contributed by atoms with Crippen molar-refractivity contribution >= 4 is 19.7 Å². The summed E-state index contributed by atoms with van der Waals surface area (Å²) in [5.74, 6) is -0.947. The molecular weight excluding hydrogens is 408 g/mol. The first-order valence-electron chi connectivity index (χ1n) is 9.04. The van der Waals surface area contributed by atoms with E-state index in [4.69, 9.17) is 10.5 Å². The number of hydrogen-bond acceptors (Lipinski definition) is 6. The van der Waals surface area contributed by atoms with Gasteiger partial charge >= 0.3 is 0 Å². The molecule has 2 aromatic carbocycles. The standard InChI is InChI=1S/C21H22N2O4S2/c22-15-7-13-21(14-8-16-23,28(24,25)17-19-9-3-1-4-10-19)29(26,27)18-20-11-5-2-6-12-20/h1-6,9-12H,7-8,13-14,17-18H2. The smallest absolute Gasteiger partial charge is 0.175 e. The van der Waals surface area contributed by atoms with E-state index in [9.17, 15) is 16.8 Å². The summed E-state index contributed by atoms with van der Waals surface area (Å²) in [6.07, 6.45) is -1.22. The molecule has 0 aromatic heterocycles. The Kier molecular flexibility index (Phi) is 7.55. The molecule has 0 saturated heterocycles. The van der Waals surface area contributed by atoms with Gasteiger partial charge in [-0.3, -0.25) is 0 Å². The van der Waals surface area contributed by atoms with E-state index in [-0.39, 0.29) is 25.7 Å². The van der Waals surface area contributed by atoms with Crippen LogP contribution in [0.1, 0.15) is 36.8 Å². The highest BCUT2D eigenvalue weighted by atomic mass is 32.3. The Balaban J connectivity index is 2.59. The zero-order chi connectivity index (χ0) is 21.4. The molecule has 0 aliphatic heterocycles. The molecule has 2 rings (SSSR count). The molecule has 0 unspecified atom stereocenters. The van der Waals surface area contributed by atoms with Crippen LogP contribution in [0.5, 0.6) is 0 Å². The third kappa shape index (κ3) is 5.23. The van der Waals surface area contributed by atoms with Crippen LogP contribution in [0.15, 0.2) is 60.7 Å². The minimum Gasteiger partial charge on any atom is -0.227 e. The molecule has 0 heterocycles. The van der Waals surface area contributed by atoms with Gasteiger partial charge in [0.05, 0.1) is 23.6 Å². The fraction of sp³-hybridized carbons (Fsp3) is 0.333. The summed E-state index contributed by atoms with van der Waals surface area (Å²) >= 11 is 0. The van der Waals surface area contributed by atoms with Crippen LogP contribution < -0.4 is 0 Å². The molecular formula is C21H22N2O4S2. The third-order valence-corrected chi connectivity index (χ3v) is 10.8. The Hall–Kier alpha value is -2.68. The highest BCUT2D eigenvalue weighted by Crippen LogP contribution is 2.39. The van der Waals surface area contributed by atoms with Gasteiger partial charge in [-0.25, -0.2) is 16.8 Å². The summed E-state index contributed by atoms with van der Waals surface area (Å²) in [4.78, 5) is 0. The van der Waals surface area contributed by atoms with Crippen LogP contribution in [0.4, 0.5) is 0 Å². The van der Waals surface area contributed by atoms with Gasteiger partial charge in [0.1, 0.15) is 0 Å². The van der Waals surface area contributed by atoms with E-state index in [0.717, 1.165) is 0 Å². The third-order valence-electron chi connectivity index (χ3n) is 4.77. The topological polar surface area (TPSA) is 116 Å². The van der Waals surface area contributed by atoms with Gasteiger partial charge in [-0.15, -0.1) is 0 Å². The molecule has 0 aliphatic carbocycles. The van der Waals surface area contributed by atoms with Crippen molar-refractivity contribution in [1.29, 1.82) is 10.5 Å². The van der Waals surface area contributed by atoms with Crippen LogP contribution in [0.25, 0.3) is 0 Å². The maximum atomic E-state index is 13.5. The fourth-order valence-electron chi connectivity index (χ4n) is 3.28. The quantitative estimate of drug-likeness (QED) is 0.569. The van der Waals surface area contributed by atoms with Crippen molar-refractivity contribution in [3.63, 3.8) is 0 Å². The Labute approximate surface area is 172 Å². The summed E-state index contributed by atoms with van der Waals surface area (Å²) in [7, 11) is -8.50. The number of benzene rings is 2. The number of sulfone groups is 2. The highest BCUT2D eigenvalue weighted by Gasteiger charge is 2.53. The first kappa shape index (κ1) is 22.6. The van der Waals surface area contributed by atoms with Gasteiger partial charge in [0.2, 0.25) is 0 Å². The van der Waals surface area contributed by atoms with E-state index in [1.807, 2.05) is 12.1 Å². The average Bonchev–Trinajstić information content (AvgIpc) is 2.68. The van der Waals surface area contributed by atoms with Crippen LogP contribution in [-0.4, -0.2) is 20.9 Å². The second-order valence-electron chi connectivity index (χ2n) is 6.72. The van der Waals surface area contributed by atoms with Gasteiger partial charge in [0.15, 0.2) is 23.8 Å². The van der Waals surface area contributed by atoms with E-state index in [1.54, 1.807) is 60.7 Å². The van der Waals surface area contributed by atoms with Gasteiger partial charge in [0.25, 0.3) is 0 Å². The van der Waals surface area contributed by atoms with Crippen molar-refractivity contribution in [1.82, 2.24) is 0 Å². The van der Waals surface area contributed by atoms with Crippen LogP contribution >= 0.6 is 0 Å². The normalized spacial score (nSPS) is 12.1. The van der Waals surface area contributed by atoms with E-state index in [2.05, 4.69) is 0 Å². The second-order valence-corrected chi connectivity index (χ2v) is 11.6. The lowest BCUT2D eigenvalue weighted by Crippen LogP contribution is -2.47. The molecule has 0 bridgehead atoms. The van der Waals surface area contributed by atoms with Gasteiger partial charge in [-0.1, -0.05) is 60.7 Å². The fourth-order valence-corrected chi connectivity index (χ4v) is 8.63. The average molecular weight is 431 g/mol. The molecule has 0 aliphatic rings. The summed E-state index contributed by atoms with van der Waals surface area (Å²) in [6, 6.07) is 20.3. The maximum Gasteiger partial charge on any atom is 0.175 e. The van der Waals surface area contributed by atoms with Crippen LogP contribution in [0, 0.1) is 22.7 Å². The molecule has 0 atom stereocenters. The number of nitrogens with zero attached hydrogens (tertiary/aromatic N) is 2. The number of hydrogen-bond donors (Lipinski definition) is 0. The lowest BCUT2D eigenvalue weighted by atomic mass is 10.1. The Morgan fingerprint density at radius 3 is 1.31 bits per heavy atom. The molecule has 2 aromatic rings. The lowest BCUT2D eigenvalue weighted by molar-refractivity contribution is 0.510. The molecule has 0 radical (unpaired) electrons. The zero-order valence-corrected chi connectivity index (χ0v) is 17.5. The predicted molar refractivity (Wildman–Crippen MR) is 111 cm³/mol. The van der Waals surface area contributed by atoms with E-state index >= 15 is 0 Å². The Morgan fingerprint density at radius 2 is 1.00 bits per heavy atom. The first-order valence-corrected chi connectivity index (χ1v) is 12.3. The lowest BCUT2D eigenvalue weighted by Gasteiger charge is -2.32. The number of rotatable bonds is 10. The SMILES string of the molecule is N#CCCC(CCC#N)(S(=O)(=O)Cc1ccccc1)S(=O)(=O)Cc1ccccc1. The van der Waals surface area contributed by atoms with Crippen molar-refractivity contribution in [2.24, 2.45) is 0 Å². The Morgan fingerprint density at radius 1 is 0.655 bits per heavy atom. The molecule has 0 N–H and O–H groups in total. The van der Waals surface area contributed by atoms with E-state index < -0.39 is 35.3 Å². The highest BCUT2D eigenvalue weighted by molar-refractivity contribution is 8.09. The van der Waals surface area contributed by atoms with E-state index in [1.165, 1.54) is 0 Å². The molecule has 0 fully saturated rings. The first-order chi connectivity index (χ1) is 13.8. The summed E-state index contributed by atoms with van der Waals surface area (Å²) in [5.41, 5.74) is 0.918. The van der Waals surface area contributed by atoms with Crippen molar-refractivity contribution in [2.75, 3.05) is 0 Å². The van der Waals surface area contributed by atoms with Crippen LogP contribution in [0.3, 0.4) is 0 Å². The number of nitriles is 2. The monoisotopic (exact) mass is 430 g/mol. The van der Waals surface area contributed by atoms with Crippen molar-refractivity contribution in [3.05, 3.63) is 71.8 Å². The van der Waals surface area contributed by atoms with Gasteiger partial charge in [0, 0.05) is 12.8 Å². The van der Waals surface area contributed by atoms with Crippen LogP contribution in [-0.2, 0) is 31.2 Å². The van der Waals surface area contributed by atoms with Gasteiger partial charge < -0.3 is 0 Å². The minimum absolute atomic E-state index is 0.243. The molecule has 0 spiro atoms. The van der Waals surface area contributed by atoms with Crippen molar-refractivity contribution < 1.29 is 16.8 Å². The van der Waals surface area contributed by atoms with Crippen LogP contribution in [0.2, 0.25) is 0 Å². The zero-order valence-electron chi connectivity index (χ0n) is 15.9.